The molecule has 1 atom stereocenters. The Balaban J connectivity index is 1.39. The molecule has 7 nitrogen and oxygen atoms in total. The summed E-state index contributed by atoms with van der Waals surface area (Å²) >= 11 is 0. The number of aromatic nitrogens is 1. The molecule has 2 aromatic carbocycles. The zero-order chi connectivity index (χ0) is 22.9. The van der Waals surface area contributed by atoms with E-state index < -0.39 is 6.04 Å². The summed E-state index contributed by atoms with van der Waals surface area (Å²) in [4.78, 5) is 19.8. The minimum Gasteiger partial charge on any atom is -0.378 e. The Morgan fingerprint density at radius 3 is 2.48 bits per heavy atom. The van der Waals surface area contributed by atoms with Crippen molar-refractivity contribution in [1.82, 2.24) is 10.3 Å². The molecule has 168 valence electrons. The van der Waals surface area contributed by atoms with Crippen LogP contribution in [0.15, 0.2) is 72.9 Å². The quantitative estimate of drug-likeness (QED) is 0.558. The smallest absolute Gasteiger partial charge is 0.247 e. The second-order valence-electron chi connectivity index (χ2n) is 7.85. The van der Waals surface area contributed by atoms with Crippen LogP contribution in [0.5, 0.6) is 0 Å². The van der Waals surface area contributed by atoms with Gasteiger partial charge in [-0.15, -0.1) is 0 Å². The van der Waals surface area contributed by atoms with Gasteiger partial charge in [0.05, 0.1) is 36.7 Å². The summed E-state index contributed by atoms with van der Waals surface area (Å²) in [5, 5.41) is 15.3. The molecule has 7 heteroatoms. The number of amides is 1. The van der Waals surface area contributed by atoms with E-state index in [1.165, 1.54) is 0 Å². The topological polar surface area (TPSA) is 90.3 Å². The minimum atomic E-state index is -0.509. The predicted molar refractivity (Wildman–Crippen MR) is 128 cm³/mol. The largest absolute Gasteiger partial charge is 0.378 e. The van der Waals surface area contributed by atoms with Gasteiger partial charge in [-0.05, 0) is 41.8 Å². The lowest BCUT2D eigenvalue weighted by Crippen LogP contribution is -2.36. The summed E-state index contributed by atoms with van der Waals surface area (Å²) < 4.78 is 5.40. The number of carbonyl (C=O) groups excluding carboxylic acids is 1. The zero-order valence-electron chi connectivity index (χ0n) is 18.4. The highest BCUT2D eigenvalue weighted by molar-refractivity contribution is 5.94. The third-order valence-corrected chi connectivity index (χ3v) is 5.62. The summed E-state index contributed by atoms with van der Waals surface area (Å²) in [6.07, 6.45) is 2.53. The maximum Gasteiger partial charge on any atom is 0.247 e. The molecular weight excluding hydrogens is 414 g/mol. The highest BCUT2D eigenvalue weighted by atomic mass is 16.5. The molecule has 0 bridgehead atoms. The Hall–Kier alpha value is -3.73. The number of hydrogen-bond donors (Lipinski definition) is 2. The van der Waals surface area contributed by atoms with Crippen molar-refractivity contribution in [2.45, 2.75) is 12.5 Å². The summed E-state index contributed by atoms with van der Waals surface area (Å²) in [5.41, 5.74) is 3.66. The van der Waals surface area contributed by atoms with E-state index in [0.29, 0.717) is 31.1 Å². The van der Waals surface area contributed by atoms with Gasteiger partial charge >= 0.3 is 0 Å². The SMILES string of the molecule is N#Cc1ccc(CCNC(C(=O)Nc2ccc(N3CCOCC3)cn2)c2ccccc2)cc1. The molecule has 0 radical (unpaired) electrons. The van der Waals surface area contributed by atoms with Crippen molar-refractivity contribution in [3.05, 3.63) is 89.6 Å². The average molecular weight is 442 g/mol. The number of nitrogens with one attached hydrogen (secondary N) is 2. The summed E-state index contributed by atoms with van der Waals surface area (Å²) in [5.74, 6) is 0.361. The van der Waals surface area contributed by atoms with E-state index in [-0.39, 0.29) is 5.91 Å². The summed E-state index contributed by atoms with van der Waals surface area (Å²) in [7, 11) is 0. The van der Waals surface area contributed by atoms with Crippen LogP contribution < -0.4 is 15.5 Å². The lowest BCUT2D eigenvalue weighted by atomic mass is 10.1. The highest BCUT2D eigenvalue weighted by Gasteiger charge is 2.20. The molecular formula is C26H27N5O2. The fraction of sp³-hybridized carbons (Fsp3) is 0.269. The van der Waals surface area contributed by atoms with E-state index in [1.54, 1.807) is 6.20 Å². The van der Waals surface area contributed by atoms with Crippen LogP contribution in [0.25, 0.3) is 0 Å². The third kappa shape index (κ3) is 6.16. The molecule has 0 saturated carbocycles. The molecule has 1 aliphatic rings. The maximum absolute atomic E-state index is 13.1. The normalized spacial score (nSPS) is 14.3. The molecule has 1 amide bonds. The number of morpholine rings is 1. The fourth-order valence-electron chi connectivity index (χ4n) is 3.78. The Morgan fingerprint density at radius 2 is 1.82 bits per heavy atom. The van der Waals surface area contributed by atoms with Crippen LogP contribution in [-0.4, -0.2) is 43.7 Å². The van der Waals surface area contributed by atoms with Gasteiger partial charge in [-0.25, -0.2) is 4.98 Å². The molecule has 1 fully saturated rings. The standard InChI is InChI=1S/C26H27N5O2/c27-18-21-8-6-20(7-9-21)12-13-28-25(22-4-2-1-3-5-22)26(32)30-24-11-10-23(19-29-24)31-14-16-33-17-15-31/h1-11,19,25,28H,12-17H2,(H,29,30,32). The highest BCUT2D eigenvalue weighted by Crippen LogP contribution is 2.19. The van der Waals surface area contributed by atoms with Gasteiger partial charge in [0.25, 0.3) is 0 Å². The number of rotatable bonds is 8. The predicted octanol–water partition coefficient (Wildman–Crippen LogP) is 3.30. The van der Waals surface area contributed by atoms with Crippen LogP contribution in [0.1, 0.15) is 22.7 Å². The van der Waals surface area contributed by atoms with Crippen LogP contribution in [0, 0.1) is 11.3 Å². The van der Waals surface area contributed by atoms with Crippen molar-refractivity contribution in [3.63, 3.8) is 0 Å². The van der Waals surface area contributed by atoms with E-state index in [1.807, 2.05) is 66.7 Å². The Bertz CT molecular complexity index is 1070. The third-order valence-electron chi connectivity index (χ3n) is 5.62. The number of anilines is 2. The van der Waals surface area contributed by atoms with E-state index in [4.69, 9.17) is 10.00 Å². The number of carbonyl (C=O) groups is 1. The fourth-order valence-corrected chi connectivity index (χ4v) is 3.78. The van der Waals surface area contributed by atoms with Gasteiger partial charge in [-0.1, -0.05) is 42.5 Å². The maximum atomic E-state index is 13.1. The Labute approximate surface area is 194 Å². The van der Waals surface area contributed by atoms with Gasteiger partial charge in [0.2, 0.25) is 5.91 Å². The molecule has 1 aliphatic heterocycles. The van der Waals surface area contributed by atoms with Gasteiger partial charge in [0, 0.05) is 19.6 Å². The first-order chi connectivity index (χ1) is 16.2. The minimum absolute atomic E-state index is 0.160. The molecule has 1 saturated heterocycles. The number of nitriles is 1. The molecule has 0 spiro atoms. The molecule has 2 heterocycles. The van der Waals surface area contributed by atoms with Crippen molar-refractivity contribution >= 4 is 17.4 Å². The monoisotopic (exact) mass is 441 g/mol. The van der Waals surface area contributed by atoms with Crippen molar-refractivity contribution in [3.8, 4) is 6.07 Å². The van der Waals surface area contributed by atoms with E-state index in [0.717, 1.165) is 36.3 Å². The first kappa shape index (κ1) is 22.5. The van der Waals surface area contributed by atoms with Gasteiger partial charge in [0.1, 0.15) is 11.9 Å². The molecule has 1 aromatic heterocycles. The molecule has 4 rings (SSSR count). The summed E-state index contributed by atoms with van der Waals surface area (Å²) in [6, 6.07) is 22.6. The Morgan fingerprint density at radius 1 is 1.06 bits per heavy atom. The van der Waals surface area contributed by atoms with Crippen molar-refractivity contribution in [2.24, 2.45) is 0 Å². The van der Waals surface area contributed by atoms with Gasteiger partial charge < -0.3 is 20.3 Å². The zero-order valence-corrected chi connectivity index (χ0v) is 18.4. The van der Waals surface area contributed by atoms with Crippen LogP contribution in [0.2, 0.25) is 0 Å². The number of nitrogens with zero attached hydrogens (tertiary/aromatic N) is 3. The van der Waals surface area contributed by atoms with Crippen molar-refractivity contribution in [2.75, 3.05) is 43.1 Å². The van der Waals surface area contributed by atoms with Crippen LogP contribution in [0.3, 0.4) is 0 Å². The number of pyridine rings is 1. The van der Waals surface area contributed by atoms with Crippen molar-refractivity contribution < 1.29 is 9.53 Å². The number of benzene rings is 2. The van der Waals surface area contributed by atoms with Crippen LogP contribution >= 0.6 is 0 Å². The first-order valence-electron chi connectivity index (χ1n) is 11.1. The van der Waals surface area contributed by atoms with E-state index >= 15 is 0 Å². The number of hydrogen-bond acceptors (Lipinski definition) is 6. The Kier molecular flexibility index (Phi) is 7.64. The second kappa shape index (κ2) is 11.2. The lowest BCUT2D eigenvalue weighted by molar-refractivity contribution is -0.118. The van der Waals surface area contributed by atoms with Gasteiger partial charge in [0.15, 0.2) is 0 Å². The second-order valence-corrected chi connectivity index (χ2v) is 7.85. The van der Waals surface area contributed by atoms with Crippen LogP contribution in [0.4, 0.5) is 11.5 Å². The van der Waals surface area contributed by atoms with Gasteiger partial charge in [-0.2, -0.15) is 5.26 Å². The van der Waals surface area contributed by atoms with Crippen LogP contribution in [-0.2, 0) is 16.0 Å². The first-order valence-corrected chi connectivity index (χ1v) is 11.1. The van der Waals surface area contributed by atoms with E-state index in [9.17, 15) is 4.79 Å². The molecule has 1 unspecified atom stereocenters. The summed E-state index contributed by atoms with van der Waals surface area (Å²) in [6.45, 7) is 3.72. The molecule has 33 heavy (non-hydrogen) atoms. The molecule has 2 N–H and O–H groups in total. The van der Waals surface area contributed by atoms with E-state index in [2.05, 4.69) is 26.6 Å². The average Bonchev–Trinajstić information content (AvgIpc) is 2.88. The van der Waals surface area contributed by atoms with Gasteiger partial charge in [-0.3, -0.25) is 4.79 Å². The number of ether oxygens (including phenoxy) is 1. The lowest BCUT2D eigenvalue weighted by Gasteiger charge is -2.28. The molecule has 0 aliphatic carbocycles. The molecule has 3 aromatic rings. The van der Waals surface area contributed by atoms with Crippen molar-refractivity contribution in [1.29, 1.82) is 5.26 Å².